The maximum absolute atomic E-state index is 5.92. The first-order chi connectivity index (χ1) is 11.7. The van der Waals surface area contributed by atoms with Crippen molar-refractivity contribution in [1.29, 1.82) is 0 Å². The molecule has 0 saturated carbocycles. The van der Waals surface area contributed by atoms with Crippen molar-refractivity contribution in [2.75, 3.05) is 32.5 Å². The summed E-state index contributed by atoms with van der Waals surface area (Å²) < 4.78 is 11.1. The van der Waals surface area contributed by atoms with E-state index in [2.05, 4.69) is 34.3 Å². The third kappa shape index (κ3) is 8.40. The van der Waals surface area contributed by atoms with Crippen molar-refractivity contribution in [2.45, 2.75) is 38.0 Å². The van der Waals surface area contributed by atoms with Crippen LogP contribution in [0.5, 0.6) is 11.5 Å². The number of nitrogens with one attached hydrogen (secondary N) is 2. The van der Waals surface area contributed by atoms with E-state index in [0.29, 0.717) is 11.8 Å². The summed E-state index contributed by atoms with van der Waals surface area (Å²) in [5, 5.41) is 7.45. The molecule has 5 nitrogen and oxygen atoms in total. The summed E-state index contributed by atoms with van der Waals surface area (Å²) in [5.74, 6) is 3.75. The van der Waals surface area contributed by atoms with E-state index < -0.39 is 0 Å². The smallest absolute Gasteiger partial charge is 0.191 e. The van der Waals surface area contributed by atoms with Gasteiger partial charge in [-0.25, -0.2) is 4.99 Å². The van der Waals surface area contributed by atoms with Crippen molar-refractivity contribution in [1.82, 2.24) is 10.6 Å². The molecule has 25 heavy (non-hydrogen) atoms. The first-order valence-electron chi connectivity index (χ1n) is 8.65. The number of rotatable bonds is 8. The number of ether oxygens (including phenoxy) is 2. The standard InChI is InChI=1S/C18H29N3O2S.HI/c1-4-19-18(21-13-17-9-6-10-24-17)20-12-14(2)23-16-8-5-7-15(11-16)22-3;/h5,7-8,11,14,17H,4,6,9-10,12-13H2,1-3H3,(H2,19,20,21);1H. The largest absolute Gasteiger partial charge is 0.497 e. The number of hydrogen-bond donors (Lipinski definition) is 2. The summed E-state index contributed by atoms with van der Waals surface area (Å²) in [7, 11) is 1.66. The van der Waals surface area contributed by atoms with Crippen LogP contribution < -0.4 is 20.1 Å². The number of aliphatic imine (C=N–C) groups is 1. The molecule has 0 spiro atoms. The van der Waals surface area contributed by atoms with Gasteiger partial charge in [-0.05, 0) is 44.6 Å². The molecule has 7 heteroatoms. The maximum atomic E-state index is 5.92. The Kier molecular flexibility index (Phi) is 11.1. The molecule has 1 aliphatic heterocycles. The van der Waals surface area contributed by atoms with Crippen molar-refractivity contribution < 1.29 is 9.47 Å². The van der Waals surface area contributed by atoms with Crippen LogP contribution in [0, 0.1) is 0 Å². The Morgan fingerprint density at radius 1 is 1.36 bits per heavy atom. The van der Waals surface area contributed by atoms with Gasteiger partial charge in [-0.15, -0.1) is 24.0 Å². The number of methoxy groups -OCH3 is 1. The Morgan fingerprint density at radius 2 is 2.16 bits per heavy atom. The van der Waals surface area contributed by atoms with Gasteiger partial charge >= 0.3 is 0 Å². The average Bonchev–Trinajstić information content (AvgIpc) is 3.11. The van der Waals surface area contributed by atoms with Gasteiger partial charge in [-0.3, -0.25) is 0 Å². The monoisotopic (exact) mass is 479 g/mol. The quantitative estimate of drug-likeness (QED) is 0.340. The first kappa shape index (κ1) is 22.2. The van der Waals surface area contributed by atoms with E-state index in [0.717, 1.165) is 30.5 Å². The molecule has 2 rings (SSSR count). The van der Waals surface area contributed by atoms with Crippen LogP contribution in [0.2, 0.25) is 0 Å². The molecule has 1 heterocycles. The van der Waals surface area contributed by atoms with E-state index in [1.54, 1.807) is 7.11 Å². The molecule has 0 bridgehead atoms. The lowest BCUT2D eigenvalue weighted by atomic mass is 10.2. The highest BCUT2D eigenvalue weighted by molar-refractivity contribution is 14.0. The summed E-state index contributed by atoms with van der Waals surface area (Å²) in [5.41, 5.74) is 0. The predicted molar refractivity (Wildman–Crippen MR) is 118 cm³/mol. The molecule has 0 aliphatic carbocycles. The SMILES string of the molecule is CCNC(=NCC(C)Oc1cccc(OC)c1)NCC1CCCS1.I. The van der Waals surface area contributed by atoms with Gasteiger partial charge in [0.1, 0.15) is 17.6 Å². The van der Waals surface area contributed by atoms with Crippen molar-refractivity contribution in [3.8, 4) is 11.5 Å². The van der Waals surface area contributed by atoms with Gasteiger partial charge in [0.2, 0.25) is 0 Å². The summed E-state index contributed by atoms with van der Waals surface area (Å²) in [6.45, 7) is 6.54. The van der Waals surface area contributed by atoms with Gasteiger partial charge in [0.05, 0.1) is 13.7 Å². The van der Waals surface area contributed by atoms with Gasteiger partial charge in [-0.2, -0.15) is 11.8 Å². The Hall–Kier alpha value is -0.830. The van der Waals surface area contributed by atoms with Crippen LogP contribution in [0.3, 0.4) is 0 Å². The minimum absolute atomic E-state index is 0. The molecule has 2 N–H and O–H groups in total. The second kappa shape index (κ2) is 12.5. The fourth-order valence-electron chi connectivity index (χ4n) is 2.52. The molecule has 0 aromatic heterocycles. The Labute approximate surface area is 172 Å². The maximum Gasteiger partial charge on any atom is 0.191 e. The average molecular weight is 479 g/mol. The minimum atomic E-state index is -0.00609. The zero-order valence-electron chi connectivity index (χ0n) is 15.3. The first-order valence-corrected chi connectivity index (χ1v) is 9.70. The molecule has 1 aromatic rings. The topological polar surface area (TPSA) is 54.9 Å². The zero-order valence-corrected chi connectivity index (χ0v) is 18.4. The van der Waals surface area contributed by atoms with Crippen LogP contribution in [0.25, 0.3) is 0 Å². The van der Waals surface area contributed by atoms with Crippen LogP contribution in [-0.2, 0) is 0 Å². The van der Waals surface area contributed by atoms with Gasteiger partial charge in [-0.1, -0.05) is 6.07 Å². The zero-order chi connectivity index (χ0) is 17.2. The lowest BCUT2D eigenvalue weighted by molar-refractivity contribution is 0.229. The van der Waals surface area contributed by atoms with E-state index in [1.807, 2.05) is 31.2 Å². The fraction of sp³-hybridized carbons (Fsp3) is 0.611. The molecule has 1 aliphatic rings. The second-order valence-electron chi connectivity index (χ2n) is 5.84. The number of nitrogens with zero attached hydrogens (tertiary/aromatic N) is 1. The highest BCUT2D eigenvalue weighted by Crippen LogP contribution is 2.25. The Bertz CT molecular complexity index is 525. The third-order valence-electron chi connectivity index (χ3n) is 3.75. The van der Waals surface area contributed by atoms with Crippen LogP contribution >= 0.6 is 35.7 Å². The van der Waals surface area contributed by atoms with E-state index in [4.69, 9.17) is 9.47 Å². The number of halogens is 1. The van der Waals surface area contributed by atoms with Gasteiger partial charge in [0.15, 0.2) is 5.96 Å². The van der Waals surface area contributed by atoms with Crippen LogP contribution in [0.1, 0.15) is 26.7 Å². The number of guanidine groups is 1. The number of benzene rings is 1. The lowest BCUT2D eigenvalue weighted by Gasteiger charge is -2.17. The highest BCUT2D eigenvalue weighted by Gasteiger charge is 2.15. The van der Waals surface area contributed by atoms with Crippen molar-refractivity contribution in [3.63, 3.8) is 0 Å². The van der Waals surface area contributed by atoms with Crippen LogP contribution in [0.15, 0.2) is 29.3 Å². The summed E-state index contributed by atoms with van der Waals surface area (Å²) in [6.07, 6.45) is 2.62. The van der Waals surface area contributed by atoms with Crippen LogP contribution in [-0.4, -0.2) is 49.8 Å². The summed E-state index contributed by atoms with van der Waals surface area (Å²) >= 11 is 2.05. The molecular formula is C18H30IN3O2S. The molecule has 1 aromatic carbocycles. The van der Waals surface area contributed by atoms with E-state index in [1.165, 1.54) is 18.6 Å². The Morgan fingerprint density at radius 3 is 2.84 bits per heavy atom. The molecule has 0 radical (unpaired) electrons. The predicted octanol–water partition coefficient (Wildman–Crippen LogP) is 3.53. The number of thioether (sulfide) groups is 1. The molecule has 1 fully saturated rings. The number of hydrogen-bond acceptors (Lipinski definition) is 4. The molecule has 142 valence electrons. The lowest BCUT2D eigenvalue weighted by Crippen LogP contribution is -2.40. The fourth-order valence-corrected chi connectivity index (χ4v) is 3.72. The normalized spacial score (nSPS) is 18.2. The molecular weight excluding hydrogens is 449 g/mol. The van der Waals surface area contributed by atoms with Gasteiger partial charge in [0, 0.05) is 24.4 Å². The van der Waals surface area contributed by atoms with Crippen LogP contribution in [0.4, 0.5) is 0 Å². The molecule has 1 saturated heterocycles. The molecule has 2 atom stereocenters. The van der Waals surface area contributed by atoms with Crippen molar-refractivity contribution in [2.24, 2.45) is 4.99 Å². The van der Waals surface area contributed by atoms with Crippen molar-refractivity contribution in [3.05, 3.63) is 24.3 Å². The third-order valence-corrected chi connectivity index (χ3v) is 5.15. The highest BCUT2D eigenvalue weighted by atomic mass is 127. The molecule has 2 unspecified atom stereocenters. The van der Waals surface area contributed by atoms with Gasteiger partial charge < -0.3 is 20.1 Å². The van der Waals surface area contributed by atoms with E-state index in [9.17, 15) is 0 Å². The molecule has 0 amide bonds. The van der Waals surface area contributed by atoms with E-state index in [-0.39, 0.29) is 30.1 Å². The Balaban J connectivity index is 0.00000312. The summed E-state index contributed by atoms with van der Waals surface area (Å²) in [4.78, 5) is 4.64. The second-order valence-corrected chi connectivity index (χ2v) is 7.25. The summed E-state index contributed by atoms with van der Waals surface area (Å²) in [6, 6.07) is 7.66. The van der Waals surface area contributed by atoms with Gasteiger partial charge in [0.25, 0.3) is 0 Å². The van der Waals surface area contributed by atoms with E-state index >= 15 is 0 Å². The minimum Gasteiger partial charge on any atom is -0.497 e. The van der Waals surface area contributed by atoms with Crippen molar-refractivity contribution >= 4 is 41.7 Å².